The van der Waals surface area contributed by atoms with E-state index >= 15 is 0 Å². The summed E-state index contributed by atoms with van der Waals surface area (Å²) in [5.41, 5.74) is 1.13. The van der Waals surface area contributed by atoms with Crippen LogP contribution in [0.25, 0.3) is 11.1 Å². The molecule has 0 radical (unpaired) electrons. The van der Waals surface area contributed by atoms with Crippen molar-refractivity contribution >= 4 is 0 Å². The van der Waals surface area contributed by atoms with Crippen LogP contribution < -0.4 is 5.56 Å². The van der Waals surface area contributed by atoms with Gasteiger partial charge < -0.3 is 10.1 Å². The van der Waals surface area contributed by atoms with Crippen molar-refractivity contribution in [2.45, 2.75) is 6.61 Å². The number of aliphatic hydroxyl groups excluding tert-OH is 1. The number of nitrogens with one attached hydrogen (secondary N) is 1. The summed E-state index contributed by atoms with van der Waals surface area (Å²) in [5, 5.41) is 8.96. The summed E-state index contributed by atoms with van der Waals surface area (Å²) in [6, 6.07) is 7.33. The van der Waals surface area contributed by atoms with Crippen molar-refractivity contribution in [2.75, 3.05) is 0 Å². The van der Waals surface area contributed by atoms with Crippen LogP contribution in [-0.2, 0) is 6.61 Å². The zero-order chi connectivity index (χ0) is 11.5. The van der Waals surface area contributed by atoms with Crippen LogP contribution in [0.3, 0.4) is 0 Å². The SMILES string of the molecule is O=c1[nH]cc(CO)cc1-c1cccc(F)c1. The van der Waals surface area contributed by atoms with Gasteiger partial charge in [-0.15, -0.1) is 0 Å². The predicted molar refractivity (Wildman–Crippen MR) is 58.4 cm³/mol. The topological polar surface area (TPSA) is 53.1 Å². The monoisotopic (exact) mass is 219 g/mol. The maximum absolute atomic E-state index is 13.0. The molecule has 0 saturated carbocycles. The molecule has 0 unspecified atom stereocenters. The number of aromatic nitrogens is 1. The molecule has 0 bridgehead atoms. The van der Waals surface area contributed by atoms with E-state index in [-0.39, 0.29) is 12.2 Å². The van der Waals surface area contributed by atoms with Gasteiger partial charge in [-0.3, -0.25) is 4.79 Å². The van der Waals surface area contributed by atoms with Crippen LogP contribution in [0, 0.1) is 5.82 Å². The molecule has 0 aliphatic carbocycles. The van der Waals surface area contributed by atoms with E-state index < -0.39 is 5.82 Å². The number of halogens is 1. The van der Waals surface area contributed by atoms with E-state index in [1.807, 2.05) is 0 Å². The Hall–Kier alpha value is -1.94. The second kappa shape index (κ2) is 4.28. The number of aromatic amines is 1. The Morgan fingerprint density at radius 2 is 2.12 bits per heavy atom. The van der Waals surface area contributed by atoms with Gasteiger partial charge in [-0.1, -0.05) is 12.1 Å². The van der Waals surface area contributed by atoms with Gasteiger partial charge in [0.2, 0.25) is 0 Å². The average Bonchev–Trinajstić information content (AvgIpc) is 2.30. The standard InChI is InChI=1S/C12H10FNO2/c13-10-3-1-2-9(5-10)11-4-8(7-15)6-14-12(11)16/h1-6,15H,7H2,(H,14,16). The lowest BCUT2D eigenvalue weighted by Crippen LogP contribution is -2.09. The van der Waals surface area contributed by atoms with Gasteiger partial charge in [-0.05, 0) is 29.3 Å². The molecule has 0 atom stereocenters. The van der Waals surface area contributed by atoms with Crippen molar-refractivity contribution in [3.05, 3.63) is 58.3 Å². The first-order valence-electron chi connectivity index (χ1n) is 4.79. The minimum Gasteiger partial charge on any atom is -0.392 e. The fourth-order valence-corrected chi connectivity index (χ4v) is 1.49. The molecule has 16 heavy (non-hydrogen) atoms. The fourth-order valence-electron chi connectivity index (χ4n) is 1.49. The molecule has 1 aromatic carbocycles. The number of benzene rings is 1. The molecule has 0 aliphatic rings. The Labute approximate surface area is 91.2 Å². The molecule has 2 rings (SSSR count). The van der Waals surface area contributed by atoms with Crippen molar-refractivity contribution in [3.63, 3.8) is 0 Å². The highest BCUT2D eigenvalue weighted by atomic mass is 19.1. The van der Waals surface area contributed by atoms with E-state index in [0.717, 1.165) is 0 Å². The summed E-state index contributed by atoms with van der Waals surface area (Å²) >= 11 is 0. The molecule has 1 heterocycles. The summed E-state index contributed by atoms with van der Waals surface area (Å²) < 4.78 is 13.0. The molecular weight excluding hydrogens is 209 g/mol. The Bertz CT molecular complexity index is 563. The lowest BCUT2D eigenvalue weighted by Gasteiger charge is -2.02. The molecule has 2 aromatic rings. The summed E-state index contributed by atoms with van der Waals surface area (Å²) in [4.78, 5) is 14.0. The third kappa shape index (κ3) is 2.01. The van der Waals surface area contributed by atoms with Crippen molar-refractivity contribution in [2.24, 2.45) is 0 Å². The molecule has 3 nitrogen and oxygen atoms in total. The van der Waals surface area contributed by atoms with Crippen LogP contribution in [0.2, 0.25) is 0 Å². The van der Waals surface area contributed by atoms with Gasteiger partial charge in [-0.25, -0.2) is 4.39 Å². The van der Waals surface area contributed by atoms with Crippen molar-refractivity contribution < 1.29 is 9.50 Å². The number of aliphatic hydroxyl groups is 1. The lowest BCUT2D eigenvalue weighted by atomic mass is 10.1. The lowest BCUT2D eigenvalue weighted by molar-refractivity contribution is 0.281. The minimum atomic E-state index is -0.397. The van der Waals surface area contributed by atoms with Crippen LogP contribution in [0.1, 0.15) is 5.56 Å². The Balaban J connectivity index is 2.59. The van der Waals surface area contributed by atoms with Gasteiger partial charge in [0.1, 0.15) is 5.82 Å². The van der Waals surface area contributed by atoms with Crippen LogP contribution >= 0.6 is 0 Å². The van der Waals surface area contributed by atoms with Crippen molar-refractivity contribution in [1.82, 2.24) is 4.98 Å². The van der Waals surface area contributed by atoms with Crippen LogP contribution in [0.15, 0.2) is 41.3 Å². The van der Waals surface area contributed by atoms with Gasteiger partial charge in [0.25, 0.3) is 5.56 Å². The maximum atomic E-state index is 13.0. The molecule has 4 heteroatoms. The summed E-state index contributed by atoms with van der Waals surface area (Å²) in [5.74, 6) is -0.397. The number of pyridine rings is 1. The van der Waals surface area contributed by atoms with Gasteiger partial charge in [0.15, 0.2) is 0 Å². The van der Waals surface area contributed by atoms with E-state index in [1.165, 1.54) is 24.4 Å². The van der Waals surface area contributed by atoms with E-state index in [2.05, 4.69) is 4.98 Å². The van der Waals surface area contributed by atoms with Crippen molar-refractivity contribution in [3.8, 4) is 11.1 Å². The molecule has 0 amide bonds. The average molecular weight is 219 g/mol. The normalized spacial score (nSPS) is 10.4. The first-order chi connectivity index (χ1) is 7.70. The highest BCUT2D eigenvalue weighted by molar-refractivity contribution is 5.62. The largest absolute Gasteiger partial charge is 0.392 e. The van der Waals surface area contributed by atoms with Gasteiger partial charge >= 0.3 is 0 Å². The Morgan fingerprint density at radius 1 is 1.31 bits per heavy atom. The second-order valence-electron chi connectivity index (χ2n) is 3.42. The van der Waals surface area contributed by atoms with Crippen LogP contribution in [0.4, 0.5) is 4.39 Å². The zero-order valence-corrected chi connectivity index (χ0v) is 8.40. The molecule has 0 saturated heterocycles. The zero-order valence-electron chi connectivity index (χ0n) is 8.40. The van der Waals surface area contributed by atoms with Crippen LogP contribution in [-0.4, -0.2) is 10.1 Å². The van der Waals surface area contributed by atoms with E-state index in [0.29, 0.717) is 16.7 Å². The van der Waals surface area contributed by atoms with Gasteiger partial charge in [0.05, 0.1) is 6.61 Å². The number of hydrogen-bond acceptors (Lipinski definition) is 2. The number of H-pyrrole nitrogens is 1. The Kier molecular flexibility index (Phi) is 2.83. The highest BCUT2D eigenvalue weighted by Crippen LogP contribution is 2.16. The molecule has 1 aromatic heterocycles. The maximum Gasteiger partial charge on any atom is 0.255 e. The quantitative estimate of drug-likeness (QED) is 0.807. The first-order valence-corrected chi connectivity index (χ1v) is 4.79. The second-order valence-corrected chi connectivity index (χ2v) is 3.42. The summed E-state index contributed by atoms with van der Waals surface area (Å²) in [6.45, 7) is -0.168. The molecule has 0 fully saturated rings. The Morgan fingerprint density at radius 3 is 2.81 bits per heavy atom. The minimum absolute atomic E-state index is 0.168. The van der Waals surface area contributed by atoms with Gasteiger partial charge in [-0.2, -0.15) is 0 Å². The predicted octanol–water partition coefficient (Wildman–Crippen LogP) is 1.67. The third-order valence-electron chi connectivity index (χ3n) is 2.28. The van der Waals surface area contributed by atoms with Crippen molar-refractivity contribution in [1.29, 1.82) is 0 Å². The fraction of sp³-hybridized carbons (Fsp3) is 0.0833. The number of hydrogen-bond donors (Lipinski definition) is 2. The smallest absolute Gasteiger partial charge is 0.255 e. The molecular formula is C12H10FNO2. The molecule has 82 valence electrons. The van der Waals surface area contributed by atoms with E-state index in [9.17, 15) is 9.18 Å². The third-order valence-corrected chi connectivity index (χ3v) is 2.28. The summed E-state index contributed by atoms with van der Waals surface area (Å²) in [6.07, 6.45) is 1.44. The van der Waals surface area contributed by atoms with E-state index in [1.54, 1.807) is 12.1 Å². The molecule has 0 spiro atoms. The van der Waals surface area contributed by atoms with Gasteiger partial charge in [0, 0.05) is 11.8 Å². The van der Waals surface area contributed by atoms with Crippen LogP contribution in [0.5, 0.6) is 0 Å². The molecule has 2 N–H and O–H groups in total. The van der Waals surface area contributed by atoms with E-state index in [4.69, 9.17) is 5.11 Å². The first kappa shape index (κ1) is 10.6. The summed E-state index contributed by atoms with van der Waals surface area (Å²) in [7, 11) is 0. The highest BCUT2D eigenvalue weighted by Gasteiger charge is 2.05. The molecule has 0 aliphatic heterocycles. The number of rotatable bonds is 2.